The van der Waals surface area contributed by atoms with Crippen molar-refractivity contribution in [3.8, 4) is 78.6 Å². The van der Waals surface area contributed by atoms with E-state index in [2.05, 4.69) is 137 Å². The normalized spacial score (nSPS) is 12.9. The Morgan fingerprint density at radius 1 is 0.508 bits per heavy atom. The summed E-state index contributed by atoms with van der Waals surface area (Å²) in [6.07, 6.45) is 1.88. The van der Waals surface area contributed by atoms with Gasteiger partial charge in [0.05, 0.1) is 28.0 Å². The van der Waals surface area contributed by atoms with Gasteiger partial charge in [0.15, 0.2) is 0 Å². The van der Waals surface area contributed by atoms with Gasteiger partial charge in [-0.15, -0.1) is 0 Å². The molecule has 0 atom stereocenters. The minimum Gasteiger partial charge on any atom is -0.507 e. The highest BCUT2D eigenvalue weighted by molar-refractivity contribution is 5.98. The number of benzene rings is 7. The third-order valence-electron chi connectivity index (χ3n) is 12.2. The predicted octanol–water partition coefficient (Wildman–Crippen LogP) is 15.6. The molecule has 0 aliphatic carbocycles. The predicted molar refractivity (Wildman–Crippen MR) is 265 cm³/mol. The minimum atomic E-state index is -2.42. The molecule has 0 unspecified atom stereocenters. The van der Waals surface area contributed by atoms with E-state index in [0.29, 0.717) is 17.0 Å². The molecular formula is C59H55N3O. The average Bonchev–Trinajstić information content (AvgIpc) is 3.69. The molecule has 0 saturated heterocycles. The molecule has 2 heterocycles. The Morgan fingerprint density at radius 3 is 1.86 bits per heavy atom. The van der Waals surface area contributed by atoms with Gasteiger partial charge in [-0.1, -0.05) is 151 Å². The molecule has 312 valence electrons. The lowest BCUT2D eigenvalue weighted by atomic mass is 9.83. The molecule has 0 spiro atoms. The fraction of sp³-hybridized carbons (Fsp3) is 0.186. The Morgan fingerprint density at radius 2 is 1.17 bits per heavy atom. The molecule has 4 nitrogen and oxygen atoms in total. The number of aromatic nitrogens is 3. The van der Waals surface area contributed by atoms with Crippen molar-refractivity contribution in [2.24, 2.45) is 0 Å². The fourth-order valence-electron chi connectivity index (χ4n) is 8.66. The second-order valence-electron chi connectivity index (χ2n) is 18.9. The maximum atomic E-state index is 12.0. The first-order valence-corrected chi connectivity index (χ1v) is 21.7. The van der Waals surface area contributed by atoms with E-state index >= 15 is 0 Å². The smallest absolute Gasteiger partial charge is 0.149 e. The van der Waals surface area contributed by atoms with Crippen molar-refractivity contribution in [2.45, 2.75) is 73.1 Å². The van der Waals surface area contributed by atoms with Crippen LogP contribution in [0.25, 0.3) is 83.9 Å². The summed E-state index contributed by atoms with van der Waals surface area (Å²) in [5.41, 5.74) is 15.8. The Balaban J connectivity index is 1.37. The topological polar surface area (TPSA) is 50.9 Å². The lowest BCUT2D eigenvalue weighted by Crippen LogP contribution is -2.11. The van der Waals surface area contributed by atoms with Crippen LogP contribution in [0.15, 0.2) is 164 Å². The molecule has 2 aromatic heterocycles. The summed E-state index contributed by atoms with van der Waals surface area (Å²) in [4.78, 5) is 10.5. The van der Waals surface area contributed by atoms with Crippen LogP contribution in [0.4, 0.5) is 0 Å². The Hall–Kier alpha value is -7.04. The molecule has 0 fully saturated rings. The number of para-hydroxylation sites is 1. The van der Waals surface area contributed by atoms with Crippen LogP contribution in [0, 0.1) is 20.7 Å². The fourth-order valence-corrected chi connectivity index (χ4v) is 8.66. The van der Waals surface area contributed by atoms with E-state index in [9.17, 15) is 5.11 Å². The van der Waals surface area contributed by atoms with E-state index in [1.807, 2.05) is 86.8 Å². The number of aromatic hydroxyl groups is 1. The first-order chi connectivity index (χ1) is 31.3. The van der Waals surface area contributed by atoms with E-state index in [1.54, 1.807) is 0 Å². The number of fused-ring (bicyclic) bond motifs is 1. The van der Waals surface area contributed by atoms with Gasteiger partial charge in [0.1, 0.15) is 11.6 Å². The number of rotatable bonds is 7. The second kappa shape index (κ2) is 16.0. The minimum absolute atomic E-state index is 0.0853. The summed E-state index contributed by atoms with van der Waals surface area (Å²) in [6, 6.07) is 53.5. The van der Waals surface area contributed by atoms with Crippen molar-refractivity contribution >= 4 is 11.0 Å². The van der Waals surface area contributed by atoms with Crippen molar-refractivity contribution in [1.29, 1.82) is 0 Å². The molecule has 63 heavy (non-hydrogen) atoms. The SMILES string of the molecule is [2H]C([2H])([2H])c1cc(-c2ccc(C(C)(C)C)cc2)c(-n2c(-c3cc(C)cc(C)c3O)nc3c(-c4cc(-c5cc(-c6ccccc6)ccn5)cc(C(C)(C)C)c4)cccc32)cc1-c1ccccc1. The molecule has 9 rings (SSSR count). The first-order valence-electron chi connectivity index (χ1n) is 23.2. The van der Waals surface area contributed by atoms with Crippen LogP contribution in [0.5, 0.6) is 5.75 Å². The first kappa shape index (κ1) is 37.7. The quantitative estimate of drug-likeness (QED) is 0.174. The number of hydrogen-bond acceptors (Lipinski definition) is 3. The number of aryl methyl sites for hydroxylation is 3. The van der Waals surface area contributed by atoms with Crippen LogP contribution in [-0.4, -0.2) is 19.6 Å². The maximum absolute atomic E-state index is 12.0. The average molecular weight is 825 g/mol. The standard InChI is InChI=1S/C59H55N3O/c1-37-29-39(3)56(63)51(30-37)57-61-55-48(44-32-45(34-47(33-44)59(7,8)9)52-35-43(27-28-60-52)40-17-12-10-13-18-40)21-16-22-53(55)62(57)54-36-49(41-19-14-11-15-20-41)38(2)31-50(54)42-23-25-46(26-24-42)58(4,5)6/h10-36,63H,1-9H3/i2D3. The molecule has 9 aromatic rings. The molecule has 0 aliphatic rings. The van der Waals surface area contributed by atoms with E-state index in [0.717, 1.165) is 83.6 Å². The van der Waals surface area contributed by atoms with Crippen LogP contribution in [0.2, 0.25) is 0 Å². The Labute approximate surface area is 376 Å². The van der Waals surface area contributed by atoms with Crippen LogP contribution >= 0.6 is 0 Å². The summed E-state index contributed by atoms with van der Waals surface area (Å²) in [6.45, 7) is 14.7. The Kier molecular flexibility index (Phi) is 9.58. The number of phenols is 1. The molecule has 0 aliphatic heterocycles. The zero-order valence-electron chi connectivity index (χ0n) is 40.4. The third-order valence-corrected chi connectivity index (χ3v) is 12.2. The lowest BCUT2D eigenvalue weighted by Gasteiger charge is -2.22. The van der Waals surface area contributed by atoms with Crippen molar-refractivity contribution in [3.05, 3.63) is 192 Å². The van der Waals surface area contributed by atoms with Gasteiger partial charge in [-0.2, -0.15) is 0 Å². The van der Waals surface area contributed by atoms with Crippen molar-refractivity contribution in [2.75, 3.05) is 0 Å². The van der Waals surface area contributed by atoms with Gasteiger partial charge in [0, 0.05) is 27.0 Å². The highest BCUT2D eigenvalue weighted by atomic mass is 16.3. The molecule has 7 aromatic carbocycles. The number of hydrogen-bond donors (Lipinski definition) is 1. The molecular weight excluding hydrogens is 767 g/mol. The van der Waals surface area contributed by atoms with Crippen LogP contribution in [0.3, 0.4) is 0 Å². The summed E-state index contributed by atoms with van der Waals surface area (Å²) in [5.74, 6) is 0.679. The molecule has 0 radical (unpaired) electrons. The van der Waals surface area contributed by atoms with Gasteiger partial charge in [-0.3, -0.25) is 9.55 Å². The summed E-state index contributed by atoms with van der Waals surface area (Å²) in [7, 11) is 0. The largest absolute Gasteiger partial charge is 0.507 e. The van der Waals surface area contributed by atoms with Gasteiger partial charge in [-0.25, -0.2) is 4.98 Å². The van der Waals surface area contributed by atoms with Gasteiger partial charge in [0.25, 0.3) is 0 Å². The van der Waals surface area contributed by atoms with E-state index in [-0.39, 0.29) is 22.1 Å². The van der Waals surface area contributed by atoms with Gasteiger partial charge >= 0.3 is 0 Å². The number of nitrogens with zero attached hydrogens (tertiary/aromatic N) is 3. The van der Waals surface area contributed by atoms with E-state index < -0.39 is 6.85 Å². The van der Waals surface area contributed by atoms with Crippen molar-refractivity contribution in [1.82, 2.24) is 14.5 Å². The highest BCUT2D eigenvalue weighted by Gasteiger charge is 2.25. The molecule has 1 N–H and O–H groups in total. The second-order valence-corrected chi connectivity index (χ2v) is 18.9. The van der Waals surface area contributed by atoms with Crippen molar-refractivity contribution < 1.29 is 9.22 Å². The monoisotopic (exact) mass is 824 g/mol. The van der Waals surface area contributed by atoms with E-state index in [1.165, 1.54) is 5.56 Å². The number of pyridine rings is 1. The maximum Gasteiger partial charge on any atom is 0.149 e. The number of imidazole rings is 1. The van der Waals surface area contributed by atoms with Crippen molar-refractivity contribution in [3.63, 3.8) is 0 Å². The Bertz CT molecular complexity index is 3260. The summed E-state index contributed by atoms with van der Waals surface area (Å²) in [5, 5.41) is 12.0. The highest BCUT2D eigenvalue weighted by Crippen LogP contribution is 2.44. The third kappa shape index (κ3) is 7.98. The lowest BCUT2D eigenvalue weighted by molar-refractivity contribution is 0.472. The van der Waals surface area contributed by atoms with Gasteiger partial charge in [0.2, 0.25) is 0 Å². The van der Waals surface area contributed by atoms with Crippen LogP contribution in [0.1, 0.15) is 73.5 Å². The molecule has 4 heteroatoms. The molecule has 0 amide bonds. The van der Waals surface area contributed by atoms with E-state index in [4.69, 9.17) is 14.1 Å². The van der Waals surface area contributed by atoms with Gasteiger partial charge in [-0.05, 0) is 141 Å². The van der Waals surface area contributed by atoms with Gasteiger partial charge < -0.3 is 5.11 Å². The summed E-state index contributed by atoms with van der Waals surface area (Å²) >= 11 is 0. The zero-order valence-corrected chi connectivity index (χ0v) is 37.4. The number of phenolic OH excluding ortho intramolecular Hbond substituents is 1. The van der Waals surface area contributed by atoms with Crippen LogP contribution in [-0.2, 0) is 10.8 Å². The summed E-state index contributed by atoms with van der Waals surface area (Å²) < 4.78 is 28.7. The molecule has 0 saturated carbocycles. The molecule has 0 bridgehead atoms. The zero-order chi connectivity index (χ0) is 46.7. The van der Waals surface area contributed by atoms with Crippen LogP contribution < -0.4 is 0 Å².